The van der Waals surface area contributed by atoms with E-state index in [9.17, 15) is 13.2 Å². The quantitative estimate of drug-likeness (QED) is 0.740. The van der Waals surface area contributed by atoms with E-state index in [0.29, 0.717) is 32.0 Å². The van der Waals surface area contributed by atoms with E-state index in [-0.39, 0.29) is 23.3 Å². The highest BCUT2D eigenvalue weighted by atomic mass is 32.2. The van der Waals surface area contributed by atoms with Crippen LogP contribution in [-0.2, 0) is 19.4 Å². The predicted molar refractivity (Wildman–Crippen MR) is 67.9 cm³/mol. The first-order valence-electron chi connectivity index (χ1n) is 6.59. The fourth-order valence-electron chi connectivity index (χ4n) is 2.66. The zero-order chi connectivity index (χ0) is 13.2. The molecule has 0 aromatic heterocycles. The number of carbonyl (C=O) groups is 1. The van der Waals surface area contributed by atoms with Crippen LogP contribution >= 0.6 is 0 Å². The Hall–Kier alpha value is -0.620. The number of nitrogens with zero attached hydrogens (tertiary/aromatic N) is 1. The summed E-state index contributed by atoms with van der Waals surface area (Å²) in [6.07, 6.45) is 1.48. The van der Waals surface area contributed by atoms with E-state index >= 15 is 0 Å². The lowest BCUT2D eigenvalue weighted by atomic mass is 10.0. The molecule has 0 aromatic rings. The van der Waals surface area contributed by atoms with Crippen molar-refractivity contribution in [3.63, 3.8) is 0 Å². The SMILES string of the molecule is CCN(C[C@@H]1CCOC1)C(=O)[C@@H]1CCS(=O)(=O)C1. The van der Waals surface area contributed by atoms with Crippen molar-refractivity contribution in [3.05, 3.63) is 0 Å². The Morgan fingerprint density at radius 3 is 2.67 bits per heavy atom. The number of hydrogen-bond acceptors (Lipinski definition) is 4. The van der Waals surface area contributed by atoms with Crippen molar-refractivity contribution in [2.24, 2.45) is 11.8 Å². The molecule has 2 heterocycles. The number of hydrogen-bond donors (Lipinski definition) is 0. The fraction of sp³-hybridized carbons (Fsp3) is 0.917. The third-order valence-corrected chi connectivity index (χ3v) is 5.55. The van der Waals surface area contributed by atoms with Gasteiger partial charge in [-0.15, -0.1) is 0 Å². The smallest absolute Gasteiger partial charge is 0.226 e. The highest BCUT2D eigenvalue weighted by molar-refractivity contribution is 7.91. The lowest BCUT2D eigenvalue weighted by Gasteiger charge is -2.26. The van der Waals surface area contributed by atoms with Gasteiger partial charge in [0.25, 0.3) is 0 Å². The summed E-state index contributed by atoms with van der Waals surface area (Å²) in [6.45, 7) is 4.77. The van der Waals surface area contributed by atoms with Gasteiger partial charge in [-0.25, -0.2) is 8.42 Å². The molecular weight excluding hydrogens is 254 g/mol. The van der Waals surface area contributed by atoms with E-state index in [1.807, 2.05) is 6.92 Å². The second-order valence-electron chi connectivity index (χ2n) is 5.21. The number of sulfone groups is 1. The molecule has 1 amide bonds. The molecule has 0 saturated carbocycles. The first kappa shape index (κ1) is 13.8. The number of ether oxygens (including phenoxy) is 1. The Balaban J connectivity index is 1.93. The number of carbonyl (C=O) groups excluding carboxylic acids is 1. The lowest BCUT2D eigenvalue weighted by Crippen LogP contribution is -2.39. The van der Waals surface area contributed by atoms with Crippen LogP contribution in [0, 0.1) is 11.8 Å². The Bertz CT molecular complexity index is 400. The van der Waals surface area contributed by atoms with Crippen LogP contribution in [0.5, 0.6) is 0 Å². The van der Waals surface area contributed by atoms with Crippen LogP contribution in [0.1, 0.15) is 19.8 Å². The van der Waals surface area contributed by atoms with Crippen molar-refractivity contribution < 1.29 is 17.9 Å². The molecule has 0 spiro atoms. The maximum absolute atomic E-state index is 12.3. The van der Waals surface area contributed by atoms with E-state index in [2.05, 4.69) is 0 Å². The van der Waals surface area contributed by atoms with Gasteiger partial charge in [-0.05, 0) is 19.8 Å². The molecule has 0 radical (unpaired) electrons. The molecule has 0 aromatic carbocycles. The van der Waals surface area contributed by atoms with E-state index < -0.39 is 9.84 Å². The normalized spacial score (nSPS) is 30.5. The molecular formula is C12H21NO4S. The van der Waals surface area contributed by atoms with Crippen LogP contribution < -0.4 is 0 Å². The maximum Gasteiger partial charge on any atom is 0.226 e. The summed E-state index contributed by atoms with van der Waals surface area (Å²) in [4.78, 5) is 14.1. The van der Waals surface area contributed by atoms with Gasteiger partial charge in [0.2, 0.25) is 5.91 Å². The second-order valence-corrected chi connectivity index (χ2v) is 7.44. The zero-order valence-corrected chi connectivity index (χ0v) is 11.6. The first-order chi connectivity index (χ1) is 8.52. The summed E-state index contributed by atoms with van der Waals surface area (Å²) < 4.78 is 28.1. The summed E-state index contributed by atoms with van der Waals surface area (Å²) in [5.41, 5.74) is 0. The standard InChI is InChI=1S/C12H21NO4S/c1-2-13(7-10-3-5-17-8-10)12(14)11-4-6-18(15,16)9-11/h10-11H,2-9H2,1H3/t10-,11+/m0/s1. The van der Waals surface area contributed by atoms with Gasteiger partial charge in [0.05, 0.1) is 24.0 Å². The van der Waals surface area contributed by atoms with Crippen LogP contribution in [0.4, 0.5) is 0 Å². The molecule has 0 N–H and O–H groups in total. The van der Waals surface area contributed by atoms with Crippen molar-refractivity contribution in [2.75, 3.05) is 37.8 Å². The largest absolute Gasteiger partial charge is 0.381 e. The lowest BCUT2D eigenvalue weighted by molar-refractivity contribution is -0.135. The van der Waals surface area contributed by atoms with Gasteiger partial charge in [0, 0.05) is 25.6 Å². The summed E-state index contributed by atoms with van der Waals surface area (Å²) in [6, 6.07) is 0. The highest BCUT2D eigenvalue weighted by Gasteiger charge is 2.35. The summed E-state index contributed by atoms with van der Waals surface area (Å²) in [5.74, 6) is 0.284. The molecule has 2 aliphatic heterocycles. The van der Waals surface area contributed by atoms with Crippen molar-refractivity contribution >= 4 is 15.7 Å². The van der Waals surface area contributed by atoms with Crippen LogP contribution in [0.15, 0.2) is 0 Å². The Morgan fingerprint density at radius 1 is 1.39 bits per heavy atom. The van der Waals surface area contributed by atoms with Gasteiger partial charge in [0.15, 0.2) is 9.84 Å². The van der Waals surface area contributed by atoms with E-state index in [0.717, 1.165) is 13.0 Å². The Labute approximate surface area is 108 Å². The third kappa shape index (κ3) is 3.23. The summed E-state index contributed by atoms with van der Waals surface area (Å²) >= 11 is 0. The average Bonchev–Trinajstić information content (AvgIpc) is 2.94. The molecule has 6 heteroatoms. The average molecular weight is 275 g/mol. The van der Waals surface area contributed by atoms with Gasteiger partial charge in [0.1, 0.15) is 0 Å². The van der Waals surface area contributed by atoms with Gasteiger partial charge >= 0.3 is 0 Å². The van der Waals surface area contributed by atoms with Crippen LogP contribution in [0.2, 0.25) is 0 Å². The predicted octanol–water partition coefficient (Wildman–Crippen LogP) is 0.306. The molecule has 2 fully saturated rings. The topological polar surface area (TPSA) is 63.7 Å². The molecule has 0 bridgehead atoms. The van der Waals surface area contributed by atoms with Gasteiger partial charge in [-0.1, -0.05) is 0 Å². The van der Waals surface area contributed by atoms with Gasteiger partial charge < -0.3 is 9.64 Å². The highest BCUT2D eigenvalue weighted by Crippen LogP contribution is 2.22. The Kier molecular flexibility index (Phi) is 4.27. The Morgan fingerprint density at radius 2 is 2.17 bits per heavy atom. The maximum atomic E-state index is 12.3. The molecule has 2 atom stereocenters. The molecule has 2 aliphatic rings. The van der Waals surface area contributed by atoms with E-state index in [1.54, 1.807) is 4.90 Å². The minimum Gasteiger partial charge on any atom is -0.381 e. The second kappa shape index (κ2) is 5.57. The number of rotatable bonds is 4. The molecule has 0 aliphatic carbocycles. The summed E-state index contributed by atoms with van der Waals surface area (Å²) in [7, 11) is -2.98. The molecule has 5 nitrogen and oxygen atoms in total. The van der Waals surface area contributed by atoms with Gasteiger partial charge in [-0.2, -0.15) is 0 Å². The first-order valence-corrected chi connectivity index (χ1v) is 8.41. The monoisotopic (exact) mass is 275 g/mol. The molecule has 0 unspecified atom stereocenters. The zero-order valence-electron chi connectivity index (χ0n) is 10.8. The van der Waals surface area contributed by atoms with Crippen molar-refractivity contribution in [1.82, 2.24) is 4.90 Å². The third-order valence-electron chi connectivity index (χ3n) is 3.78. The minimum absolute atomic E-state index is 0.00507. The van der Waals surface area contributed by atoms with Crippen LogP contribution in [0.25, 0.3) is 0 Å². The van der Waals surface area contributed by atoms with Crippen LogP contribution in [-0.4, -0.2) is 57.0 Å². The molecule has 2 saturated heterocycles. The number of amides is 1. The van der Waals surface area contributed by atoms with Crippen molar-refractivity contribution in [2.45, 2.75) is 19.8 Å². The molecule has 18 heavy (non-hydrogen) atoms. The van der Waals surface area contributed by atoms with Crippen molar-refractivity contribution in [3.8, 4) is 0 Å². The minimum atomic E-state index is -2.98. The molecule has 2 rings (SSSR count). The van der Waals surface area contributed by atoms with E-state index in [1.165, 1.54) is 0 Å². The molecule has 104 valence electrons. The van der Waals surface area contributed by atoms with Crippen LogP contribution in [0.3, 0.4) is 0 Å². The van der Waals surface area contributed by atoms with Crippen molar-refractivity contribution in [1.29, 1.82) is 0 Å². The van der Waals surface area contributed by atoms with E-state index in [4.69, 9.17) is 4.74 Å². The fourth-order valence-corrected chi connectivity index (χ4v) is 4.39. The summed E-state index contributed by atoms with van der Waals surface area (Å²) in [5, 5.41) is 0. The van der Waals surface area contributed by atoms with Gasteiger partial charge in [-0.3, -0.25) is 4.79 Å².